The number of aromatic nitrogens is 3. The number of fused-ring (bicyclic) bond motifs is 1. The SMILES string of the molecule is O=C1C[C@@H](c2ccco2)CC2=C1[C@@H](c1ccccn1)c1c([nH]c(=O)[nH]c1=O)N2. The van der Waals surface area contributed by atoms with Crippen molar-refractivity contribution in [1.82, 2.24) is 15.0 Å². The van der Waals surface area contributed by atoms with Gasteiger partial charge in [-0.05, 0) is 30.7 Å². The molecule has 4 heterocycles. The number of nitrogens with zero attached hydrogens (tertiary/aromatic N) is 1. The second-order valence-electron chi connectivity index (χ2n) is 6.95. The van der Waals surface area contributed by atoms with Gasteiger partial charge in [-0.1, -0.05) is 6.07 Å². The topological polar surface area (TPSA) is 121 Å². The number of allylic oxidation sites excluding steroid dienone is 2. The normalized spacial score (nSPS) is 21.1. The molecule has 0 aromatic carbocycles. The minimum absolute atomic E-state index is 0.0675. The van der Waals surface area contributed by atoms with Gasteiger partial charge in [-0.2, -0.15) is 0 Å². The second-order valence-corrected chi connectivity index (χ2v) is 6.95. The van der Waals surface area contributed by atoms with Crippen molar-refractivity contribution in [3.8, 4) is 0 Å². The minimum atomic E-state index is -0.641. The molecule has 0 spiro atoms. The molecule has 0 saturated carbocycles. The molecular formula is C20H16N4O4. The number of hydrogen-bond acceptors (Lipinski definition) is 6. The molecule has 3 aromatic heterocycles. The summed E-state index contributed by atoms with van der Waals surface area (Å²) in [5, 5.41) is 3.12. The molecule has 3 N–H and O–H groups in total. The maximum absolute atomic E-state index is 13.2. The van der Waals surface area contributed by atoms with E-state index in [-0.39, 0.29) is 18.1 Å². The van der Waals surface area contributed by atoms with E-state index >= 15 is 0 Å². The first-order valence-electron chi connectivity index (χ1n) is 8.96. The molecule has 2 atom stereocenters. The van der Waals surface area contributed by atoms with Gasteiger partial charge in [-0.25, -0.2) is 4.79 Å². The van der Waals surface area contributed by atoms with Gasteiger partial charge >= 0.3 is 5.69 Å². The summed E-state index contributed by atoms with van der Waals surface area (Å²) < 4.78 is 5.49. The Morgan fingerprint density at radius 2 is 1.93 bits per heavy atom. The monoisotopic (exact) mass is 376 g/mol. The minimum Gasteiger partial charge on any atom is -0.469 e. The number of furan rings is 1. The smallest absolute Gasteiger partial charge is 0.327 e. The van der Waals surface area contributed by atoms with E-state index in [4.69, 9.17) is 4.42 Å². The molecule has 2 aliphatic rings. The van der Waals surface area contributed by atoms with E-state index in [0.717, 1.165) is 5.76 Å². The Morgan fingerprint density at radius 3 is 2.68 bits per heavy atom. The average molecular weight is 376 g/mol. The Kier molecular flexibility index (Phi) is 3.65. The third-order valence-electron chi connectivity index (χ3n) is 5.27. The first kappa shape index (κ1) is 16.5. The number of anilines is 1. The van der Waals surface area contributed by atoms with Gasteiger partial charge in [0.2, 0.25) is 0 Å². The quantitative estimate of drug-likeness (QED) is 0.629. The molecule has 0 fully saturated rings. The maximum atomic E-state index is 13.2. The van der Waals surface area contributed by atoms with Crippen LogP contribution in [-0.4, -0.2) is 20.7 Å². The number of rotatable bonds is 2. The van der Waals surface area contributed by atoms with Gasteiger partial charge in [0, 0.05) is 29.8 Å². The van der Waals surface area contributed by atoms with E-state index in [1.165, 1.54) is 0 Å². The first-order chi connectivity index (χ1) is 13.6. The van der Waals surface area contributed by atoms with Crippen LogP contribution < -0.4 is 16.6 Å². The van der Waals surface area contributed by atoms with Crippen LogP contribution in [0, 0.1) is 0 Å². The zero-order valence-electron chi connectivity index (χ0n) is 14.7. The Balaban J connectivity index is 1.71. The molecule has 0 amide bonds. The van der Waals surface area contributed by atoms with Crippen molar-refractivity contribution in [2.45, 2.75) is 24.7 Å². The van der Waals surface area contributed by atoms with Crippen LogP contribution in [0.25, 0.3) is 0 Å². The average Bonchev–Trinajstić information content (AvgIpc) is 3.21. The highest BCUT2D eigenvalue weighted by Gasteiger charge is 2.41. The Labute approximate surface area is 158 Å². The molecule has 0 radical (unpaired) electrons. The molecular weight excluding hydrogens is 360 g/mol. The van der Waals surface area contributed by atoms with Gasteiger partial charge < -0.3 is 9.73 Å². The van der Waals surface area contributed by atoms with E-state index in [1.54, 1.807) is 30.7 Å². The lowest BCUT2D eigenvalue weighted by molar-refractivity contribution is -0.116. The lowest BCUT2D eigenvalue weighted by atomic mass is 9.74. The summed E-state index contributed by atoms with van der Waals surface area (Å²) in [6, 6.07) is 9.00. The molecule has 3 aromatic rings. The number of aromatic amines is 2. The molecule has 0 unspecified atom stereocenters. The number of ketones is 1. The van der Waals surface area contributed by atoms with Crippen LogP contribution in [0.15, 0.2) is 68.1 Å². The van der Waals surface area contributed by atoms with Crippen LogP contribution in [0.1, 0.15) is 41.7 Å². The van der Waals surface area contributed by atoms with Gasteiger partial charge in [0.25, 0.3) is 5.56 Å². The highest BCUT2D eigenvalue weighted by atomic mass is 16.3. The van der Waals surface area contributed by atoms with Crippen LogP contribution >= 0.6 is 0 Å². The van der Waals surface area contributed by atoms with Crippen LogP contribution in [0.5, 0.6) is 0 Å². The molecule has 5 rings (SSSR count). The highest BCUT2D eigenvalue weighted by Crippen LogP contribution is 2.45. The van der Waals surface area contributed by atoms with Gasteiger partial charge in [-0.3, -0.25) is 24.5 Å². The van der Waals surface area contributed by atoms with Gasteiger partial charge in [-0.15, -0.1) is 0 Å². The van der Waals surface area contributed by atoms with Crippen LogP contribution in [0.3, 0.4) is 0 Å². The Bertz CT molecular complexity index is 1210. The molecule has 1 aliphatic heterocycles. The molecule has 8 nitrogen and oxygen atoms in total. The van der Waals surface area contributed by atoms with E-state index in [2.05, 4.69) is 20.3 Å². The lowest BCUT2D eigenvalue weighted by Crippen LogP contribution is -2.37. The van der Waals surface area contributed by atoms with E-state index in [0.29, 0.717) is 34.8 Å². The van der Waals surface area contributed by atoms with E-state index in [9.17, 15) is 14.4 Å². The Hall–Kier alpha value is -3.68. The summed E-state index contributed by atoms with van der Waals surface area (Å²) in [5.74, 6) is 0.228. The molecule has 8 heteroatoms. The van der Waals surface area contributed by atoms with Crippen molar-refractivity contribution in [2.75, 3.05) is 5.32 Å². The van der Waals surface area contributed by atoms with E-state index < -0.39 is 17.2 Å². The largest absolute Gasteiger partial charge is 0.469 e. The van der Waals surface area contributed by atoms with Gasteiger partial charge in [0.1, 0.15) is 11.6 Å². The fourth-order valence-electron chi connectivity index (χ4n) is 4.12. The van der Waals surface area contributed by atoms with Gasteiger partial charge in [0.15, 0.2) is 5.78 Å². The molecule has 140 valence electrons. The van der Waals surface area contributed by atoms with Crippen molar-refractivity contribution in [3.05, 3.63) is 91.9 Å². The lowest BCUT2D eigenvalue weighted by Gasteiger charge is -2.34. The zero-order chi connectivity index (χ0) is 19.3. The molecule has 0 bridgehead atoms. The number of H-pyrrole nitrogens is 2. The maximum Gasteiger partial charge on any atom is 0.327 e. The van der Waals surface area contributed by atoms with Crippen LogP contribution in [0.2, 0.25) is 0 Å². The number of carbonyl (C=O) groups excluding carboxylic acids is 1. The standard InChI is InChI=1S/C20H16N4O4/c25-13-9-10(14-5-3-7-28-14)8-12-15(13)16(11-4-1-2-6-21-11)17-18(22-12)23-20(27)24-19(17)26/h1-7,10,16H,8-9H2,(H3,22,23,24,26,27)/t10-,16+/m0/s1. The summed E-state index contributed by atoms with van der Waals surface area (Å²) in [6.07, 6.45) is 4.03. The summed E-state index contributed by atoms with van der Waals surface area (Å²) in [7, 11) is 0. The number of nitrogens with one attached hydrogen (secondary N) is 3. The summed E-state index contributed by atoms with van der Waals surface area (Å²) in [4.78, 5) is 46.9. The third-order valence-corrected chi connectivity index (χ3v) is 5.27. The van der Waals surface area contributed by atoms with Gasteiger partial charge in [0.05, 0.1) is 23.4 Å². The van der Waals surface area contributed by atoms with Crippen molar-refractivity contribution in [2.24, 2.45) is 0 Å². The fourth-order valence-corrected chi connectivity index (χ4v) is 4.12. The fraction of sp³-hybridized carbons (Fsp3) is 0.200. The van der Waals surface area contributed by atoms with Crippen molar-refractivity contribution in [1.29, 1.82) is 0 Å². The highest BCUT2D eigenvalue weighted by molar-refractivity contribution is 6.01. The molecule has 1 aliphatic carbocycles. The summed E-state index contributed by atoms with van der Waals surface area (Å²) in [5.41, 5.74) is 0.940. The number of hydrogen-bond donors (Lipinski definition) is 3. The predicted molar refractivity (Wildman–Crippen MR) is 100 cm³/mol. The number of Topliss-reactive ketones (excluding diaryl/α,β-unsaturated/α-hetero) is 1. The number of carbonyl (C=O) groups is 1. The predicted octanol–water partition coefficient (Wildman–Crippen LogP) is 2.01. The molecule has 28 heavy (non-hydrogen) atoms. The first-order valence-corrected chi connectivity index (χ1v) is 8.96. The second kappa shape index (κ2) is 6.19. The number of pyridine rings is 1. The van der Waals surface area contributed by atoms with Crippen LogP contribution in [-0.2, 0) is 4.79 Å². The van der Waals surface area contributed by atoms with E-state index in [1.807, 2.05) is 12.1 Å². The third kappa shape index (κ3) is 2.53. The van der Waals surface area contributed by atoms with Crippen molar-refractivity contribution in [3.63, 3.8) is 0 Å². The zero-order valence-corrected chi connectivity index (χ0v) is 14.7. The summed E-state index contributed by atoms with van der Waals surface area (Å²) >= 11 is 0. The van der Waals surface area contributed by atoms with Crippen molar-refractivity contribution >= 4 is 11.6 Å². The Morgan fingerprint density at radius 1 is 1.04 bits per heavy atom. The van der Waals surface area contributed by atoms with Crippen molar-refractivity contribution < 1.29 is 9.21 Å². The molecule has 0 saturated heterocycles. The summed E-state index contributed by atoms with van der Waals surface area (Å²) in [6.45, 7) is 0. The van der Waals surface area contributed by atoms with Crippen LogP contribution in [0.4, 0.5) is 5.82 Å².